The standard InChI is InChI=1S/C11H17N3O3S/c1-8(4-10(15)16)5-13-11(17)12-3-2-9-6-18-7-14-9/h6-8H,2-5H2,1H3,(H,15,16)(H2,12,13,17). The van der Waals surface area contributed by atoms with Crippen LogP contribution < -0.4 is 10.6 Å². The third-order valence-corrected chi connectivity index (χ3v) is 2.92. The van der Waals surface area contributed by atoms with Crippen molar-refractivity contribution in [2.45, 2.75) is 19.8 Å². The summed E-state index contributed by atoms with van der Waals surface area (Å²) in [4.78, 5) is 25.9. The third kappa shape index (κ3) is 6.19. The number of nitrogens with zero attached hydrogens (tertiary/aromatic N) is 1. The molecule has 0 spiro atoms. The van der Waals surface area contributed by atoms with Crippen LogP contribution in [0.1, 0.15) is 19.0 Å². The number of aliphatic carboxylic acids is 1. The van der Waals surface area contributed by atoms with Crippen molar-refractivity contribution < 1.29 is 14.7 Å². The van der Waals surface area contributed by atoms with E-state index in [0.717, 1.165) is 5.69 Å². The Morgan fingerprint density at radius 2 is 2.28 bits per heavy atom. The number of carboxylic acids is 1. The average molecular weight is 271 g/mol. The molecular formula is C11H17N3O3S. The maximum Gasteiger partial charge on any atom is 0.314 e. The first-order valence-electron chi connectivity index (χ1n) is 5.68. The lowest BCUT2D eigenvalue weighted by Crippen LogP contribution is -2.39. The molecule has 0 aliphatic rings. The van der Waals surface area contributed by atoms with Crippen LogP contribution in [0.5, 0.6) is 0 Å². The highest BCUT2D eigenvalue weighted by atomic mass is 32.1. The van der Waals surface area contributed by atoms with E-state index >= 15 is 0 Å². The van der Waals surface area contributed by atoms with Gasteiger partial charge in [0, 0.05) is 31.3 Å². The van der Waals surface area contributed by atoms with Crippen molar-refractivity contribution in [3.63, 3.8) is 0 Å². The van der Waals surface area contributed by atoms with E-state index < -0.39 is 5.97 Å². The summed E-state index contributed by atoms with van der Waals surface area (Å²) in [6, 6.07) is -0.275. The first kappa shape index (κ1) is 14.4. The molecule has 18 heavy (non-hydrogen) atoms. The highest BCUT2D eigenvalue weighted by molar-refractivity contribution is 7.07. The summed E-state index contributed by atoms with van der Waals surface area (Å²) in [6.45, 7) is 2.65. The summed E-state index contributed by atoms with van der Waals surface area (Å²) in [5.74, 6) is -0.931. The number of urea groups is 1. The highest BCUT2D eigenvalue weighted by Crippen LogP contribution is 2.01. The minimum absolute atomic E-state index is 0.0547. The number of hydrogen-bond acceptors (Lipinski definition) is 4. The van der Waals surface area contributed by atoms with Gasteiger partial charge >= 0.3 is 12.0 Å². The minimum atomic E-state index is -0.853. The van der Waals surface area contributed by atoms with Crippen LogP contribution in [0.4, 0.5) is 4.79 Å². The number of nitrogens with one attached hydrogen (secondary N) is 2. The summed E-state index contributed by atoms with van der Waals surface area (Å²) in [5.41, 5.74) is 2.71. The molecule has 0 fully saturated rings. The summed E-state index contributed by atoms with van der Waals surface area (Å²) in [7, 11) is 0. The Bertz CT molecular complexity index is 381. The second-order valence-electron chi connectivity index (χ2n) is 4.07. The normalized spacial score (nSPS) is 11.8. The Hall–Kier alpha value is -1.63. The Balaban J connectivity index is 2.08. The van der Waals surface area contributed by atoms with Crippen LogP contribution in [0.15, 0.2) is 10.9 Å². The SMILES string of the molecule is CC(CNC(=O)NCCc1cscn1)CC(=O)O. The second-order valence-corrected chi connectivity index (χ2v) is 4.79. The summed E-state index contributed by atoms with van der Waals surface area (Å²) < 4.78 is 0. The van der Waals surface area contributed by atoms with Gasteiger partial charge in [-0.3, -0.25) is 4.79 Å². The van der Waals surface area contributed by atoms with Gasteiger partial charge in [-0.05, 0) is 5.92 Å². The molecule has 3 N–H and O–H groups in total. The fraction of sp³-hybridized carbons (Fsp3) is 0.545. The van der Waals surface area contributed by atoms with Crippen LogP contribution in [0, 0.1) is 5.92 Å². The Kier molecular flexibility index (Phi) is 6.13. The van der Waals surface area contributed by atoms with E-state index in [9.17, 15) is 9.59 Å². The van der Waals surface area contributed by atoms with Crippen molar-refractivity contribution in [3.8, 4) is 0 Å². The lowest BCUT2D eigenvalue weighted by Gasteiger charge is -2.11. The van der Waals surface area contributed by atoms with Crippen molar-refractivity contribution in [3.05, 3.63) is 16.6 Å². The van der Waals surface area contributed by atoms with E-state index in [4.69, 9.17) is 5.11 Å². The van der Waals surface area contributed by atoms with Crippen molar-refractivity contribution in [2.75, 3.05) is 13.1 Å². The molecule has 0 bridgehead atoms. The molecule has 1 aromatic heterocycles. The average Bonchev–Trinajstić information content (AvgIpc) is 2.78. The molecule has 1 aromatic rings. The van der Waals surface area contributed by atoms with Gasteiger partial charge in [0.05, 0.1) is 11.2 Å². The molecule has 7 heteroatoms. The lowest BCUT2D eigenvalue weighted by molar-refractivity contribution is -0.137. The molecule has 0 aromatic carbocycles. The molecule has 100 valence electrons. The van der Waals surface area contributed by atoms with E-state index in [1.165, 1.54) is 11.3 Å². The van der Waals surface area contributed by atoms with Gasteiger partial charge in [0.15, 0.2) is 0 Å². The molecule has 1 heterocycles. The molecule has 1 unspecified atom stereocenters. The zero-order valence-electron chi connectivity index (χ0n) is 10.2. The molecule has 0 saturated carbocycles. The number of hydrogen-bond donors (Lipinski definition) is 3. The van der Waals surface area contributed by atoms with Crippen LogP contribution in [-0.2, 0) is 11.2 Å². The number of rotatable bonds is 7. The number of carbonyl (C=O) groups is 2. The van der Waals surface area contributed by atoms with Crippen molar-refractivity contribution in [2.24, 2.45) is 5.92 Å². The van der Waals surface area contributed by atoms with Gasteiger partial charge in [-0.1, -0.05) is 6.92 Å². The van der Waals surface area contributed by atoms with E-state index in [2.05, 4.69) is 15.6 Å². The number of aromatic nitrogens is 1. The van der Waals surface area contributed by atoms with Gasteiger partial charge in [-0.25, -0.2) is 9.78 Å². The lowest BCUT2D eigenvalue weighted by atomic mass is 10.1. The molecule has 2 amide bonds. The highest BCUT2D eigenvalue weighted by Gasteiger charge is 2.08. The first-order valence-corrected chi connectivity index (χ1v) is 6.62. The summed E-state index contributed by atoms with van der Waals surface area (Å²) >= 11 is 1.52. The van der Waals surface area contributed by atoms with E-state index in [1.54, 1.807) is 12.4 Å². The molecular weight excluding hydrogens is 254 g/mol. The molecule has 1 atom stereocenters. The second kappa shape index (κ2) is 7.65. The number of carboxylic acid groups (broad SMARTS) is 1. The Labute approximate surface area is 109 Å². The maximum absolute atomic E-state index is 11.4. The van der Waals surface area contributed by atoms with E-state index in [1.807, 2.05) is 5.38 Å². The largest absolute Gasteiger partial charge is 0.481 e. The maximum atomic E-state index is 11.4. The smallest absolute Gasteiger partial charge is 0.314 e. The molecule has 0 radical (unpaired) electrons. The fourth-order valence-corrected chi connectivity index (χ4v) is 1.96. The number of amides is 2. The molecule has 0 saturated heterocycles. The molecule has 6 nitrogen and oxygen atoms in total. The van der Waals surface area contributed by atoms with Gasteiger partial charge in [0.25, 0.3) is 0 Å². The van der Waals surface area contributed by atoms with Gasteiger partial charge in [-0.2, -0.15) is 0 Å². The van der Waals surface area contributed by atoms with Crippen molar-refractivity contribution in [1.82, 2.24) is 15.6 Å². The third-order valence-electron chi connectivity index (χ3n) is 2.28. The Morgan fingerprint density at radius 3 is 2.89 bits per heavy atom. The van der Waals surface area contributed by atoms with Crippen molar-refractivity contribution >= 4 is 23.3 Å². The monoisotopic (exact) mass is 271 g/mol. The first-order chi connectivity index (χ1) is 8.58. The number of carbonyl (C=O) groups excluding carboxylic acids is 1. The van der Waals surface area contributed by atoms with E-state index in [-0.39, 0.29) is 18.4 Å². The van der Waals surface area contributed by atoms with Crippen molar-refractivity contribution in [1.29, 1.82) is 0 Å². The summed E-state index contributed by atoms with van der Waals surface area (Å²) in [6.07, 6.45) is 0.751. The fourth-order valence-electron chi connectivity index (χ4n) is 1.36. The molecule has 1 rings (SSSR count). The zero-order chi connectivity index (χ0) is 13.4. The Morgan fingerprint density at radius 1 is 1.50 bits per heavy atom. The van der Waals surface area contributed by atoms with Gasteiger partial charge in [0.1, 0.15) is 0 Å². The van der Waals surface area contributed by atoms with Gasteiger partial charge in [0.2, 0.25) is 0 Å². The van der Waals surface area contributed by atoms with Crippen LogP contribution in [0.2, 0.25) is 0 Å². The molecule has 0 aliphatic heterocycles. The summed E-state index contributed by atoms with van der Waals surface area (Å²) in [5, 5.41) is 15.8. The molecule has 0 aliphatic carbocycles. The predicted molar refractivity (Wildman–Crippen MR) is 68.6 cm³/mol. The topological polar surface area (TPSA) is 91.3 Å². The quantitative estimate of drug-likeness (QED) is 0.692. The number of thiazole rings is 1. The zero-order valence-corrected chi connectivity index (χ0v) is 11.0. The van der Waals surface area contributed by atoms with E-state index in [0.29, 0.717) is 19.5 Å². The van der Waals surface area contributed by atoms with Crippen LogP contribution in [0.3, 0.4) is 0 Å². The van der Waals surface area contributed by atoms with Crippen LogP contribution >= 0.6 is 11.3 Å². The minimum Gasteiger partial charge on any atom is -0.481 e. The van der Waals surface area contributed by atoms with Gasteiger partial charge < -0.3 is 15.7 Å². The van der Waals surface area contributed by atoms with Crippen LogP contribution in [-0.4, -0.2) is 35.2 Å². The van der Waals surface area contributed by atoms with Gasteiger partial charge in [-0.15, -0.1) is 11.3 Å². The van der Waals surface area contributed by atoms with Crippen LogP contribution in [0.25, 0.3) is 0 Å². The predicted octanol–water partition coefficient (Wildman–Crippen LogP) is 1.10.